The Kier molecular flexibility index (Phi) is 5.08. The van der Waals surface area contributed by atoms with Crippen LogP contribution in [0.1, 0.15) is 18.9 Å². The molecular weight excluding hydrogens is 400 g/mol. The van der Waals surface area contributed by atoms with Gasteiger partial charge >= 0.3 is 5.69 Å². The van der Waals surface area contributed by atoms with Gasteiger partial charge in [0.05, 0.1) is 6.21 Å². The van der Waals surface area contributed by atoms with E-state index in [9.17, 15) is 9.59 Å². The molecule has 9 heteroatoms. The highest BCUT2D eigenvalue weighted by molar-refractivity contribution is 9.10. The number of hydrogen-bond acceptors (Lipinski definition) is 5. The van der Waals surface area contributed by atoms with Crippen LogP contribution in [0.5, 0.6) is 0 Å². The zero-order valence-corrected chi connectivity index (χ0v) is 16.3. The molecule has 0 aliphatic rings. The zero-order chi connectivity index (χ0) is 18.8. The molecule has 136 valence electrons. The van der Waals surface area contributed by atoms with Gasteiger partial charge in [0.15, 0.2) is 11.2 Å². The van der Waals surface area contributed by atoms with Crippen LogP contribution < -0.4 is 16.7 Å². The van der Waals surface area contributed by atoms with Gasteiger partial charge in [-0.25, -0.2) is 10.2 Å². The molecule has 26 heavy (non-hydrogen) atoms. The average Bonchev–Trinajstić information content (AvgIpc) is 2.99. The van der Waals surface area contributed by atoms with E-state index >= 15 is 0 Å². The van der Waals surface area contributed by atoms with E-state index in [4.69, 9.17) is 0 Å². The maximum Gasteiger partial charge on any atom is 0.332 e. The van der Waals surface area contributed by atoms with Gasteiger partial charge in [-0.15, -0.1) is 0 Å². The van der Waals surface area contributed by atoms with Crippen molar-refractivity contribution in [2.24, 2.45) is 19.2 Å². The molecule has 0 atom stereocenters. The predicted molar refractivity (Wildman–Crippen MR) is 106 cm³/mol. The summed E-state index contributed by atoms with van der Waals surface area (Å²) in [6.45, 7) is 2.59. The fraction of sp³-hybridized carbons (Fsp3) is 0.294. The predicted octanol–water partition coefficient (Wildman–Crippen LogP) is 2.05. The lowest BCUT2D eigenvalue weighted by Crippen LogP contribution is -2.37. The third-order valence-electron chi connectivity index (χ3n) is 4.04. The molecule has 1 N–H and O–H groups in total. The van der Waals surface area contributed by atoms with Crippen molar-refractivity contribution in [1.29, 1.82) is 0 Å². The van der Waals surface area contributed by atoms with Crippen molar-refractivity contribution >= 4 is 39.3 Å². The Labute approximate surface area is 157 Å². The number of hydrogen-bond donors (Lipinski definition) is 1. The second-order valence-corrected chi connectivity index (χ2v) is 6.80. The number of imidazole rings is 1. The zero-order valence-electron chi connectivity index (χ0n) is 14.7. The summed E-state index contributed by atoms with van der Waals surface area (Å²) >= 11 is 3.39. The molecule has 2 aromatic heterocycles. The van der Waals surface area contributed by atoms with E-state index in [0.29, 0.717) is 23.7 Å². The fourth-order valence-electron chi connectivity index (χ4n) is 2.69. The number of anilines is 1. The maximum absolute atomic E-state index is 12.6. The van der Waals surface area contributed by atoms with Crippen LogP contribution in [0.15, 0.2) is 43.4 Å². The largest absolute Gasteiger partial charge is 0.332 e. The lowest BCUT2D eigenvalue weighted by Gasteiger charge is -2.07. The second-order valence-electron chi connectivity index (χ2n) is 5.89. The number of aryl methyl sites for hydroxylation is 2. The maximum atomic E-state index is 12.6. The van der Waals surface area contributed by atoms with Crippen molar-refractivity contribution in [3.05, 3.63) is 55.1 Å². The number of nitrogens with one attached hydrogen (secondary N) is 1. The summed E-state index contributed by atoms with van der Waals surface area (Å²) in [5.74, 6) is 0.425. The summed E-state index contributed by atoms with van der Waals surface area (Å²) in [7, 11) is 3.06. The summed E-state index contributed by atoms with van der Waals surface area (Å²) in [5.41, 5.74) is 3.76. The number of halogens is 1. The molecule has 0 amide bonds. The van der Waals surface area contributed by atoms with E-state index in [2.05, 4.69) is 31.4 Å². The van der Waals surface area contributed by atoms with E-state index < -0.39 is 5.69 Å². The Hall–Kier alpha value is -2.68. The molecule has 0 bridgehead atoms. The first-order valence-corrected chi connectivity index (χ1v) is 8.94. The number of rotatable bonds is 5. The van der Waals surface area contributed by atoms with Crippen LogP contribution in [0.4, 0.5) is 5.95 Å². The molecule has 3 aromatic rings. The highest BCUT2D eigenvalue weighted by Crippen LogP contribution is 2.16. The van der Waals surface area contributed by atoms with Crippen LogP contribution in [0.25, 0.3) is 11.2 Å². The molecule has 0 unspecified atom stereocenters. The van der Waals surface area contributed by atoms with Gasteiger partial charge in [0.25, 0.3) is 5.56 Å². The molecule has 2 heterocycles. The molecule has 0 saturated heterocycles. The molecule has 0 saturated carbocycles. The van der Waals surface area contributed by atoms with E-state index in [0.717, 1.165) is 21.0 Å². The second kappa shape index (κ2) is 7.28. The molecule has 1 aromatic carbocycles. The molecular formula is C17H19BrN6O2. The Bertz CT molecular complexity index is 1090. The number of benzene rings is 1. The van der Waals surface area contributed by atoms with Crippen LogP contribution in [0, 0.1) is 0 Å². The van der Waals surface area contributed by atoms with E-state index in [-0.39, 0.29) is 5.56 Å². The van der Waals surface area contributed by atoms with Crippen LogP contribution in [-0.4, -0.2) is 24.9 Å². The van der Waals surface area contributed by atoms with Gasteiger partial charge in [-0.2, -0.15) is 10.1 Å². The molecule has 0 aliphatic heterocycles. The summed E-state index contributed by atoms with van der Waals surface area (Å²) in [5, 5.41) is 4.21. The van der Waals surface area contributed by atoms with Gasteiger partial charge in [-0.3, -0.25) is 13.9 Å². The minimum absolute atomic E-state index is 0.341. The first-order chi connectivity index (χ1) is 12.4. The first kappa shape index (κ1) is 18.1. The minimum Gasteiger partial charge on any atom is -0.303 e. The lowest BCUT2D eigenvalue weighted by atomic mass is 10.2. The molecule has 3 rings (SSSR count). The van der Waals surface area contributed by atoms with Gasteiger partial charge in [-0.1, -0.05) is 35.0 Å². The lowest BCUT2D eigenvalue weighted by molar-refractivity contribution is 0.679. The standard InChI is InChI=1S/C17H19BrN6O2/c1-4-9-24-13-14(22(2)17(26)23(3)15(13)25)20-16(24)21-19-10-11-5-7-12(18)8-6-11/h5-8,10H,4,9H2,1-3H3,(H,20,21). The number of fused-ring (bicyclic) bond motifs is 1. The molecule has 0 spiro atoms. The third kappa shape index (κ3) is 3.22. The first-order valence-electron chi connectivity index (χ1n) is 8.15. The van der Waals surface area contributed by atoms with Gasteiger partial charge < -0.3 is 4.57 Å². The van der Waals surface area contributed by atoms with Gasteiger partial charge in [0, 0.05) is 25.1 Å². The quantitative estimate of drug-likeness (QED) is 0.507. The van der Waals surface area contributed by atoms with E-state index in [1.807, 2.05) is 31.2 Å². The highest BCUT2D eigenvalue weighted by Gasteiger charge is 2.18. The Morgan fingerprint density at radius 1 is 1.19 bits per heavy atom. The van der Waals surface area contributed by atoms with E-state index in [1.54, 1.807) is 17.8 Å². The Morgan fingerprint density at radius 2 is 1.88 bits per heavy atom. The Balaban J connectivity index is 2.05. The average molecular weight is 419 g/mol. The van der Waals surface area contributed by atoms with Crippen molar-refractivity contribution in [3.8, 4) is 0 Å². The minimum atomic E-state index is -0.409. The van der Waals surface area contributed by atoms with Crippen molar-refractivity contribution in [1.82, 2.24) is 18.7 Å². The SMILES string of the molecule is CCCn1c(NN=Cc2ccc(Br)cc2)nc2c1c(=O)n(C)c(=O)n2C. The van der Waals surface area contributed by atoms with Crippen LogP contribution in [0.3, 0.4) is 0 Å². The van der Waals surface area contributed by atoms with Gasteiger partial charge in [0.1, 0.15) is 0 Å². The number of hydrazone groups is 1. The smallest absolute Gasteiger partial charge is 0.303 e. The third-order valence-corrected chi connectivity index (χ3v) is 4.57. The molecule has 8 nitrogen and oxygen atoms in total. The van der Waals surface area contributed by atoms with Crippen molar-refractivity contribution in [2.45, 2.75) is 19.9 Å². The van der Waals surface area contributed by atoms with Crippen LogP contribution >= 0.6 is 15.9 Å². The van der Waals surface area contributed by atoms with Crippen molar-refractivity contribution in [2.75, 3.05) is 5.43 Å². The summed E-state index contributed by atoms with van der Waals surface area (Å²) < 4.78 is 5.21. The van der Waals surface area contributed by atoms with Crippen molar-refractivity contribution in [3.63, 3.8) is 0 Å². The number of nitrogens with zero attached hydrogens (tertiary/aromatic N) is 5. The Morgan fingerprint density at radius 3 is 2.54 bits per heavy atom. The molecule has 0 radical (unpaired) electrons. The molecule has 0 fully saturated rings. The number of aromatic nitrogens is 4. The monoisotopic (exact) mass is 418 g/mol. The van der Waals surface area contributed by atoms with Crippen LogP contribution in [0.2, 0.25) is 0 Å². The van der Waals surface area contributed by atoms with Gasteiger partial charge in [-0.05, 0) is 24.1 Å². The van der Waals surface area contributed by atoms with Crippen LogP contribution in [-0.2, 0) is 20.6 Å². The molecule has 0 aliphatic carbocycles. The summed E-state index contributed by atoms with van der Waals surface area (Å²) in [6, 6.07) is 7.69. The van der Waals surface area contributed by atoms with Crippen molar-refractivity contribution < 1.29 is 0 Å². The fourth-order valence-corrected chi connectivity index (χ4v) is 2.95. The van der Waals surface area contributed by atoms with E-state index in [1.165, 1.54) is 11.6 Å². The topological polar surface area (TPSA) is 86.2 Å². The summed E-state index contributed by atoms with van der Waals surface area (Å²) in [4.78, 5) is 29.1. The normalized spacial score (nSPS) is 11.5. The highest BCUT2D eigenvalue weighted by atomic mass is 79.9. The van der Waals surface area contributed by atoms with Gasteiger partial charge in [0.2, 0.25) is 5.95 Å². The summed E-state index contributed by atoms with van der Waals surface area (Å²) in [6.07, 6.45) is 2.47.